The highest BCUT2D eigenvalue weighted by molar-refractivity contribution is 6.33. The lowest BCUT2D eigenvalue weighted by Crippen LogP contribution is -2.35. The van der Waals surface area contributed by atoms with Crippen molar-refractivity contribution in [2.24, 2.45) is 18.7 Å². The average molecular weight is 230 g/mol. The van der Waals surface area contributed by atoms with Gasteiger partial charge in [-0.3, -0.25) is 9.48 Å². The maximum absolute atomic E-state index is 12.1. The first kappa shape index (κ1) is 10.6. The zero-order valence-corrected chi connectivity index (χ0v) is 9.07. The predicted octanol–water partition coefficient (Wildman–Crippen LogP) is 0.230. The van der Waals surface area contributed by atoms with Gasteiger partial charge in [0.15, 0.2) is 5.78 Å². The van der Waals surface area contributed by atoms with Gasteiger partial charge in [0.2, 0.25) is 0 Å². The molecule has 1 aliphatic rings. The van der Waals surface area contributed by atoms with Crippen molar-refractivity contribution in [2.45, 2.75) is 6.04 Å². The van der Waals surface area contributed by atoms with Crippen LogP contribution in [0.5, 0.6) is 0 Å². The molecule has 0 amide bonds. The van der Waals surface area contributed by atoms with Gasteiger partial charge in [-0.15, -0.1) is 0 Å². The Balaban J connectivity index is 2.28. The van der Waals surface area contributed by atoms with E-state index in [1.165, 1.54) is 10.9 Å². The predicted molar refractivity (Wildman–Crippen MR) is 54.8 cm³/mol. The first-order valence-electron chi connectivity index (χ1n) is 4.66. The van der Waals surface area contributed by atoms with Crippen LogP contribution >= 0.6 is 11.6 Å². The molecule has 2 rings (SSSR count). The highest BCUT2D eigenvalue weighted by atomic mass is 35.5. The van der Waals surface area contributed by atoms with Crippen LogP contribution in [0, 0.1) is 5.92 Å². The summed E-state index contributed by atoms with van der Waals surface area (Å²) in [4.78, 5) is 12.1. The maximum Gasteiger partial charge on any atom is 0.189 e. The number of Topliss-reactive ketones (excluding diaryl/α,β-unsaturated/α-hetero) is 1. The molecular formula is C9H12ClN3O2. The minimum atomic E-state index is -0.308. The second-order valence-electron chi connectivity index (χ2n) is 3.64. The van der Waals surface area contributed by atoms with Crippen molar-refractivity contribution in [3.8, 4) is 0 Å². The molecule has 0 aliphatic carbocycles. The second-order valence-corrected chi connectivity index (χ2v) is 4.04. The minimum absolute atomic E-state index is 0.0926. The quantitative estimate of drug-likeness (QED) is 0.737. The molecule has 82 valence electrons. The van der Waals surface area contributed by atoms with Gasteiger partial charge in [-0.05, 0) is 0 Å². The van der Waals surface area contributed by atoms with Gasteiger partial charge in [-0.25, -0.2) is 0 Å². The number of carbonyl (C=O) groups excluding carboxylic acids is 1. The lowest BCUT2D eigenvalue weighted by Gasteiger charge is -2.11. The fourth-order valence-corrected chi connectivity index (χ4v) is 1.96. The molecule has 5 nitrogen and oxygen atoms in total. The van der Waals surface area contributed by atoms with Gasteiger partial charge in [0.25, 0.3) is 0 Å². The second kappa shape index (κ2) is 3.92. The van der Waals surface area contributed by atoms with Crippen molar-refractivity contribution in [3.05, 3.63) is 16.9 Å². The Morgan fingerprint density at radius 1 is 1.73 bits per heavy atom. The Bertz CT molecular complexity index is 371. The summed E-state index contributed by atoms with van der Waals surface area (Å²) in [7, 11) is 1.68. The maximum atomic E-state index is 12.1. The van der Waals surface area contributed by atoms with Crippen molar-refractivity contribution in [2.75, 3.05) is 13.2 Å². The van der Waals surface area contributed by atoms with Crippen LogP contribution in [-0.4, -0.2) is 34.8 Å². The number of hydrogen-bond donors (Lipinski definition) is 1. The van der Waals surface area contributed by atoms with E-state index in [9.17, 15) is 4.79 Å². The molecule has 1 aromatic heterocycles. The minimum Gasteiger partial charge on any atom is -0.379 e. The average Bonchev–Trinajstić information content (AvgIpc) is 2.73. The van der Waals surface area contributed by atoms with Crippen LogP contribution in [-0.2, 0) is 11.8 Å². The van der Waals surface area contributed by atoms with Gasteiger partial charge in [-0.1, -0.05) is 11.6 Å². The highest BCUT2D eigenvalue weighted by Gasteiger charge is 2.34. The molecule has 1 saturated heterocycles. The Morgan fingerprint density at radius 3 is 2.93 bits per heavy atom. The van der Waals surface area contributed by atoms with Crippen molar-refractivity contribution >= 4 is 17.4 Å². The number of carbonyl (C=O) groups is 1. The van der Waals surface area contributed by atoms with Crippen molar-refractivity contribution < 1.29 is 9.53 Å². The molecule has 2 N–H and O–H groups in total. The molecule has 0 aromatic carbocycles. The number of nitrogens with zero attached hydrogens (tertiary/aromatic N) is 2. The van der Waals surface area contributed by atoms with E-state index in [4.69, 9.17) is 22.1 Å². The van der Waals surface area contributed by atoms with Gasteiger partial charge in [0, 0.05) is 13.1 Å². The standard InChI is InChI=1S/C9H12ClN3O2/c1-13-8(6(10)2-12-13)9(14)5-3-15-4-7(5)11/h2,5,7H,3-4,11H2,1H3. The molecule has 2 atom stereocenters. The summed E-state index contributed by atoms with van der Waals surface area (Å²) < 4.78 is 6.62. The Morgan fingerprint density at radius 2 is 2.47 bits per heavy atom. The number of hydrogen-bond acceptors (Lipinski definition) is 4. The van der Waals surface area contributed by atoms with Crippen LogP contribution in [0.4, 0.5) is 0 Å². The topological polar surface area (TPSA) is 70.1 Å². The third-order valence-electron chi connectivity index (χ3n) is 2.59. The van der Waals surface area contributed by atoms with Crippen molar-refractivity contribution in [1.82, 2.24) is 9.78 Å². The molecule has 2 heterocycles. The first-order chi connectivity index (χ1) is 7.11. The fraction of sp³-hybridized carbons (Fsp3) is 0.556. The number of halogens is 1. The van der Waals surface area contributed by atoms with Crippen LogP contribution in [0.2, 0.25) is 5.02 Å². The Hall–Kier alpha value is -0.910. The molecule has 6 heteroatoms. The SMILES string of the molecule is Cn1ncc(Cl)c1C(=O)C1COCC1N. The largest absolute Gasteiger partial charge is 0.379 e. The summed E-state index contributed by atoms with van der Waals surface area (Å²) >= 11 is 5.88. The van der Waals surface area contributed by atoms with Crippen LogP contribution < -0.4 is 5.73 Å². The van der Waals surface area contributed by atoms with Crippen LogP contribution in [0.25, 0.3) is 0 Å². The van der Waals surface area contributed by atoms with E-state index in [0.29, 0.717) is 23.9 Å². The van der Waals surface area contributed by atoms with E-state index in [1.807, 2.05) is 0 Å². The fourth-order valence-electron chi connectivity index (χ4n) is 1.70. The molecule has 1 aliphatic heterocycles. The molecule has 0 saturated carbocycles. The van der Waals surface area contributed by atoms with Crippen molar-refractivity contribution in [3.63, 3.8) is 0 Å². The number of rotatable bonds is 2. The molecule has 15 heavy (non-hydrogen) atoms. The smallest absolute Gasteiger partial charge is 0.189 e. The monoisotopic (exact) mass is 229 g/mol. The lowest BCUT2D eigenvalue weighted by molar-refractivity contribution is 0.0886. The molecule has 0 spiro atoms. The zero-order chi connectivity index (χ0) is 11.0. The van der Waals surface area contributed by atoms with E-state index in [-0.39, 0.29) is 17.7 Å². The summed E-state index contributed by atoms with van der Waals surface area (Å²) in [6, 6.07) is -0.247. The normalized spacial score (nSPS) is 25.8. The van der Waals surface area contributed by atoms with E-state index < -0.39 is 0 Å². The summed E-state index contributed by atoms with van der Waals surface area (Å²) in [6.45, 7) is 0.785. The number of aryl methyl sites for hydroxylation is 1. The van der Waals surface area contributed by atoms with Gasteiger partial charge in [0.1, 0.15) is 5.69 Å². The van der Waals surface area contributed by atoms with Gasteiger partial charge >= 0.3 is 0 Å². The third kappa shape index (κ3) is 1.78. The zero-order valence-electron chi connectivity index (χ0n) is 8.31. The summed E-state index contributed by atoms with van der Waals surface area (Å²) in [5, 5.41) is 4.28. The van der Waals surface area contributed by atoms with Crippen LogP contribution in [0.3, 0.4) is 0 Å². The number of ketones is 1. The van der Waals surface area contributed by atoms with E-state index >= 15 is 0 Å². The van der Waals surface area contributed by atoms with Gasteiger partial charge < -0.3 is 10.5 Å². The molecule has 0 bridgehead atoms. The molecule has 2 unspecified atom stereocenters. The van der Waals surface area contributed by atoms with E-state index in [2.05, 4.69) is 5.10 Å². The first-order valence-corrected chi connectivity index (χ1v) is 5.04. The summed E-state index contributed by atoms with van der Waals surface area (Å²) in [5.41, 5.74) is 6.17. The van der Waals surface area contributed by atoms with Crippen LogP contribution in [0.1, 0.15) is 10.5 Å². The van der Waals surface area contributed by atoms with E-state index in [1.54, 1.807) is 7.05 Å². The molecular weight excluding hydrogens is 218 g/mol. The lowest BCUT2D eigenvalue weighted by atomic mass is 9.97. The van der Waals surface area contributed by atoms with Crippen LogP contribution in [0.15, 0.2) is 6.20 Å². The van der Waals surface area contributed by atoms with E-state index in [0.717, 1.165) is 0 Å². The molecule has 1 aromatic rings. The Kier molecular flexibility index (Phi) is 2.77. The highest BCUT2D eigenvalue weighted by Crippen LogP contribution is 2.22. The molecule has 1 fully saturated rings. The van der Waals surface area contributed by atoms with Gasteiger partial charge in [0.05, 0.1) is 30.4 Å². The summed E-state index contributed by atoms with van der Waals surface area (Å²) in [6.07, 6.45) is 1.45. The third-order valence-corrected chi connectivity index (χ3v) is 2.87. The van der Waals surface area contributed by atoms with Gasteiger partial charge in [-0.2, -0.15) is 5.10 Å². The molecule has 0 radical (unpaired) electrons. The van der Waals surface area contributed by atoms with Crippen molar-refractivity contribution in [1.29, 1.82) is 0 Å². The number of ether oxygens (including phenoxy) is 1. The number of nitrogens with two attached hydrogens (primary N) is 1. The summed E-state index contributed by atoms with van der Waals surface area (Å²) in [5.74, 6) is -0.400. The Labute approximate surface area is 92.1 Å². The number of aromatic nitrogens is 2.